The van der Waals surface area contributed by atoms with Crippen LogP contribution < -0.4 is 5.32 Å². The molecule has 1 aliphatic rings. The Bertz CT molecular complexity index is 490. The van der Waals surface area contributed by atoms with E-state index in [1.807, 2.05) is 37.8 Å². The Morgan fingerprint density at radius 3 is 2.76 bits per heavy atom. The molecule has 0 saturated carbocycles. The van der Waals surface area contributed by atoms with Crippen LogP contribution in [0.1, 0.15) is 47.1 Å². The Hall–Kier alpha value is -1.72. The van der Waals surface area contributed by atoms with Crippen LogP contribution in [-0.4, -0.2) is 45.5 Å². The van der Waals surface area contributed by atoms with Crippen LogP contribution in [0.5, 0.6) is 0 Å². The molecule has 1 N–H and O–H groups in total. The fourth-order valence-electron chi connectivity index (χ4n) is 2.30. The summed E-state index contributed by atoms with van der Waals surface area (Å²) in [5, 5.41) is 7.74. The van der Waals surface area contributed by atoms with Crippen LogP contribution in [0.4, 0.5) is 10.5 Å². The monoisotopic (exact) mass is 294 g/mol. The molecule has 2 rings (SSSR count). The van der Waals surface area contributed by atoms with E-state index in [0.29, 0.717) is 12.6 Å². The Morgan fingerprint density at radius 2 is 2.19 bits per heavy atom. The molecule has 0 radical (unpaired) electrons. The second kappa shape index (κ2) is 5.95. The van der Waals surface area contributed by atoms with Gasteiger partial charge in [0.25, 0.3) is 0 Å². The second-order valence-electron chi connectivity index (χ2n) is 6.86. The molecule has 2 heterocycles. The highest BCUT2D eigenvalue weighted by Gasteiger charge is 2.29. The van der Waals surface area contributed by atoms with Crippen molar-refractivity contribution < 1.29 is 9.53 Å². The van der Waals surface area contributed by atoms with E-state index in [1.165, 1.54) is 0 Å². The SMILES string of the molecule is CC(C)n1cc(NC2CCN(C(=O)OC(C)(C)C)C2)cn1. The van der Waals surface area contributed by atoms with Gasteiger partial charge in [0.1, 0.15) is 5.60 Å². The van der Waals surface area contributed by atoms with E-state index in [9.17, 15) is 4.79 Å². The van der Waals surface area contributed by atoms with Crippen LogP contribution in [0.15, 0.2) is 12.4 Å². The van der Waals surface area contributed by atoms with E-state index in [4.69, 9.17) is 4.74 Å². The number of nitrogens with one attached hydrogen (secondary N) is 1. The first-order valence-electron chi connectivity index (χ1n) is 7.53. The normalized spacial score (nSPS) is 19.1. The van der Waals surface area contributed by atoms with E-state index in [-0.39, 0.29) is 12.1 Å². The molecular weight excluding hydrogens is 268 g/mol. The number of carbonyl (C=O) groups is 1. The zero-order valence-electron chi connectivity index (χ0n) is 13.6. The molecule has 118 valence electrons. The van der Waals surface area contributed by atoms with Crippen LogP contribution in [0.2, 0.25) is 0 Å². The van der Waals surface area contributed by atoms with Crippen LogP contribution in [0, 0.1) is 0 Å². The number of amides is 1. The largest absolute Gasteiger partial charge is 0.444 e. The van der Waals surface area contributed by atoms with Gasteiger partial charge in [-0.15, -0.1) is 0 Å². The van der Waals surface area contributed by atoms with Gasteiger partial charge in [0.2, 0.25) is 0 Å². The van der Waals surface area contributed by atoms with Gasteiger partial charge in [-0.05, 0) is 41.0 Å². The Balaban J connectivity index is 1.86. The fraction of sp³-hybridized carbons (Fsp3) is 0.733. The van der Waals surface area contributed by atoms with Gasteiger partial charge in [-0.1, -0.05) is 0 Å². The first-order valence-corrected chi connectivity index (χ1v) is 7.53. The molecule has 0 bridgehead atoms. The van der Waals surface area contributed by atoms with Crippen molar-refractivity contribution in [1.29, 1.82) is 0 Å². The predicted molar refractivity (Wildman–Crippen MR) is 82.4 cm³/mol. The van der Waals surface area contributed by atoms with Gasteiger partial charge in [-0.3, -0.25) is 4.68 Å². The molecule has 1 unspecified atom stereocenters. The average Bonchev–Trinajstić information content (AvgIpc) is 2.96. The molecule has 1 aliphatic heterocycles. The summed E-state index contributed by atoms with van der Waals surface area (Å²) in [6, 6.07) is 0.602. The third-order valence-electron chi connectivity index (χ3n) is 3.34. The van der Waals surface area contributed by atoms with Gasteiger partial charge >= 0.3 is 6.09 Å². The summed E-state index contributed by atoms with van der Waals surface area (Å²) in [4.78, 5) is 13.8. The highest BCUT2D eigenvalue weighted by molar-refractivity contribution is 5.68. The lowest BCUT2D eigenvalue weighted by Gasteiger charge is -2.24. The van der Waals surface area contributed by atoms with Crippen LogP contribution in [0.3, 0.4) is 0 Å². The van der Waals surface area contributed by atoms with Crippen LogP contribution >= 0.6 is 0 Å². The van der Waals surface area contributed by atoms with Gasteiger partial charge in [0, 0.05) is 31.4 Å². The number of carbonyl (C=O) groups excluding carboxylic acids is 1. The van der Waals surface area contributed by atoms with E-state index in [1.54, 1.807) is 4.90 Å². The molecule has 1 fully saturated rings. The van der Waals surface area contributed by atoms with Gasteiger partial charge in [-0.25, -0.2) is 4.79 Å². The number of hydrogen-bond acceptors (Lipinski definition) is 4. The molecule has 6 nitrogen and oxygen atoms in total. The summed E-state index contributed by atoms with van der Waals surface area (Å²) in [5.74, 6) is 0. The lowest BCUT2D eigenvalue weighted by molar-refractivity contribution is 0.0293. The van der Waals surface area contributed by atoms with E-state index in [0.717, 1.165) is 18.7 Å². The van der Waals surface area contributed by atoms with Crippen molar-refractivity contribution in [1.82, 2.24) is 14.7 Å². The molecule has 21 heavy (non-hydrogen) atoms. The predicted octanol–water partition coefficient (Wildman–Crippen LogP) is 2.89. The number of nitrogens with zero attached hydrogens (tertiary/aromatic N) is 3. The van der Waals surface area contributed by atoms with Crippen molar-refractivity contribution in [2.75, 3.05) is 18.4 Å². The van der Waals surface area contributed by atoms with Gasteiger partial charge < -0.3 is 15.0 Å². The van der Waals surface area contributed by atoms with Crippen molar-refractivity contribution in [2.24, 2.45) is 0 Å². The molecule has 0 aliphatic carbocycles. The highest BCUT2D eigenvalue weighted by atomic mass is 16.6. The summed E-state index contributed by atoms with van der Waals surface area (Å²) in [6.07, 6.45) is 4.52. The third-order valence-corrected chi connectivity index (χ3v) is 3.34. The number of aromatic nitrogens is 2. The molecule has 1 aromatic heterocycles. The zero-order chi connectivity index (χ0) is 15.6. The summed E-state index contributed by atoms with van der Waals surface area (Å²) in [5.41, 5.74) is 0.556. The fourth-order valence-corrected chi connectivity index (χ4v) is 2.30. The molecule has 1 aromatic rings. The number of ether oxygens (including phenoxy) is 1. The van der Waals surface area contributed by atoms with Crippen LogP contribution in [-0.2, 0) is 4.74 Å². The molecule has 0 aromatic carbocycles. The van der Waals surface area contributed by atoms with Crippen LogP contribution in [0.25, 0.3) is 0 Å². The van der Waals surface area contributed by atoms with E-state index >= 15 is 0 Å². The van der Waals surface area contributed by atoms with Crippen molar-refractivity contribution in [3.63, 3.8) is 0 Å². The maximum absolute atomic E-state index is 12.0. The second-order valence-corrected chi connectivity index (χ2v) is 6.86. The van der Waals surface area contributed by atoms with E-state index in [2.05, 4.69) is 24.3 Å². The topological polar surface area (TPSA) is 59.4 Å². The molecule has 1 atom stereocenters. The highest BCUT2D eigenvalue weighted by Crippen LogP contribution is 2.19. The summed E-state index contributed by atoms with van der Waals surface area (Å²) in [7, 11) is 0. The maximum Gasteiger partial charge on any atom is 0.410 e. The van der Waals surface area contributed by atoms with E-state index < -0.39 is 5.60 Å². The standard InChI is InChI=1S/C15H26N4O2/c1-11(2)19-10-13(8-16-19)17-12-6-7-18(9-12)14(20)21-15(3,4)5/h8,10-12,17H,6-7,9H2,1-5H3. The Morgan fingerprint density at radius 1 is 1.48 bits per heavy atom. The van der Waals surface area contributed by atoms with Crippen molar-refractivity contribution >= 4 is 11.8 Å². The average molecular weight is 294 g/mol. The number of anilines is 1. The van der Waals surface area contributed by atoms with Gasteiger partial charge in [0.15, 0.2) is 0 Å². The molecular formula is C15H26N4O2. The minimum Gasteiger partial charge on any atom is -0.444 e. The first kappa shape index (κ1) is 15.7. The summed E-state index contributed by atoms with van der Waals surface area (Å²) in [6.45, 7) is 11.2. The molecule has 1 amide bonds. The zero-order valence-corrected chi connectivity index (χ0v) is 13.6. The number of likely N-dealkylation sites (tertiary alicyclic amines) is 1. The van der Waals surface area contributed by atoms with Gasteiger partial charge in [-0.2, -0.15) is 5.10 Å². The minimum absolute atomic E-state index is 0.232. The summed E-state index contributed by atoms with van der Waals surface area (Å²) < 4.78 is 7.32. The molecule has 1 saturated heterocycles. The quantitative estimate of drug-likeness (QED) is 0.931. The third kappa shape index (κ3) is 4.37. The van der Waals surface area contributed by atoms with Crippen molar-refractivity contribution in [3.8, 4) is 0 Å². The molecule has 6 heteroatoms. The van der Waals surface area contributed by atoms with Crippen molar-refractivity contribution in [2.45, 2.75) is 58.7 Å². The van der Waals surface area contributed by atoms with Gasteiger partial charge in [0.05, 0.1) is 11.9 Å². The minimum atomic E-state index is -0.443. The Labute approximate surface area is 126 Å². The Kier molecular flexibility index (Phi) is 4.44. The van der Waals surface area contributed by atoms with Crippen molar-refractivity contribution in [3.05, 3.63) is 12.4 Å². The molecule has 0 spiro atoms. The first-order chi connectivity index (χ1) is 9.74. The summed E-state index contributed by atoms with van der Waals surface area (Å²) >= 11 is 0. The lowest BCUT2D eigenvalue weighted by atomic mass is 10.2. The lowest BCUT2D eigenvalue weighted by Crippen LogP contribution is -2.36. The number of hydrogen-bond donors (Lipinski definition) is 1. The number of rotatable bonds is 3. The maximum atomic E-state index is 12.0. The smallest absolute Gasteiger partial charge is 0.410 e.